The van der Waals surface area contributed by atoms with Gasteiger partial charge in [-0.2, -0.15) is 4.99 Å². The van der Waals surface area contributed by atoms with Gasteiger partial charge >= 0.3 is 0 Å². The molecule has 2 aromatic rings. The second-order valence-corrected chi connectivity index (χ2v) is 8.51. The summed E-state index contributed by atoms with van der Waals surface area (Å²) in [6.45, 7) is 4.81. The van der Waals surface area contributed by atoms with Crippen LogP contribution < -0.4 is 25.7 Å². The Bertz CT molecular complexity index is 1020. The summed E-state index contributed by atoms with van der Waals surface area (Å²) in [5.41, 5.74) is 13.2. The molecule has 0 bridgehead atoms. The van der Waals surface area contributed by atoms with E-state index in [4.69, 9.17) is 25.7 Å². The Morgan fingerprint density at radius 1 is 0.941 bits per heavy atom. The zero-order valence-electron chi connectivity index (χ0n) is 19.5. The second kappa shape index (κ2) is 12.8. The Morgan fingerprint density at radius 2 is 1.56 bits per heavy atom. The van der Waals surface area contributed by atoms with Gasteiger partial charge in [0.25, 0.3) is 5.91 Å². The maximum Gasteiger partial charge on any atom is 0.280 e. The van der Waals surface area contributed by atoms with Crippen LogP contribution in [0.3, 0.4) is 0 Å². The summed E-state index contributed by atoms with van der Waals surface area (Å²) >= 11 is 3.57. The summed E-state index contributed by atoms with van der Waals surface area (Å²) in [6, 6.07) is 9.37. The summed E-state index contributed by atoms with van der Waals surface area (Å²) in [6.07, 6.45) is 0. The molecule has 11 heteroatoms. The highest BCUT2D eigenvalue weighted by atomic mass is 79.9. The minimum Gasteiger partial charge on any atom is -0.493 e. The minimum atomic E-state index is -0.439. The summed E-state index contributed by atoms with van der Waals surface area (Å²) in [4.78, 5) is 20.8. The number of hydrogen-bond donors (Lipinski definition) is 2. The van der Waals surface area contributed by atoms with E-state index in [1.807, 2.05) is 18.2 Å². The number of aliphatic imine (C=N–C) groups is 1. The van der Waals surface area contributed by atoms with Gasteiger partial charge in [0.05, 0.1) is 21.3 Å². The molecule has 1 aliphatic heterocycles. The molecule has 0 radical (unpaired) electrons. The molecular formula is C23H31BrClN5O4. The van der Waals surface area contributed by atoms with E-state index in [9.17, 15) is 4.79 Å². The molecule has 1 amide bonds. The molecular weight excluding hydrogens is 526 g/mol. The van der Waals surface area contributed by atoms with Gasteiger partial charge in [-0.05, 0) is 23.8 Å². The van der Waals surface area contributed by atoms with Crippen LogP contribution in [0.1, 0.15) is 21.5 Å². The number of methoxy groups -OCH3 is 3. The number of carbonyl (C=O) groups excluding carboxylic acids is 1. The van der Waals surface area contributed by atoms with Crippen molar-refractivity contribution in [2.45, 2.75) is 13.1 Å². The molecule has 186 valence electrons. The molecule has 0 aliphatic carbocycles. The maximum absolute atomic E-state index is 12.5. The first kappa shape index (κ1) is 27.7. The molecule has 9 nitrogen and oxygen atoms in total. The zero-order valence-corrected chi connectivity index (χ0v) is 21.9. The molecule has 0 spiro atoms. The predicted octanol–water partition coefficient (Wildman–Crippen LogP) is 2.63. The van der Waals surface area contributed by atoms with Crippen LogP contribution in [0.25, 0.3) is 0 Å². The van der Waals surface area contributed by atoms with E-state index in [-0.39, 0.29) is 18.4 Å². The molecule has 1 fully saturated rings. The Labute approximate surface area is 214 Å². The zero-order chi connectivity index (χ0) is 24.0. The summed E-state index contributed by atoms with van der Waals surface area (Å²) in [7, 11) is 4.85. The van der Waals surface area contributed by atoms with Crippen molar-refractivity contribution in [3.8, 4) is 17.2 Å². The molecule has 1 heterocycles. The predicted molar refractivity (Wildman–Crippen MR) is 138 cm³/mol. The highest BCUT2D eigenvalue weighted by molar-refractivity contribution is 9.10. The lowest BCUT2D eigenvalue weighted by atomic mass is 10.1. The normalized spacial score (nSPS) is 14.1. The lowest BCUT2D eigenvalue weighted by Gasteiger charge is -2.35. The number of benzene rings is 2. The van der Waals surface area contributed by atoms with Gasteiger partial charge in [0.15, 0.2) is 17.5 Å². The van der Waals surface area contributed by atoms with Gasteiger partial charge in [-0.25, -0.2) is 0 Å². The Morgan fingerprint density at radius 3 is 2.12 bits per heavy atom. The number of halogens is 2. The molecule has 0 aromatic heterocycles. The maximum atomic E-state index is 12.5. The summed E-state index contributed by atoms with van der Waals surface area (Å²) in [5.74, 6) is 1.25. The number of piperazine rings is 1. The third-order valence-electron chi connectivity index (χ3n) is 5.61. The van der Waals surface area contributed by atoms with Crippen LogP contribution >= 0.6 is 28.3 Å². The molecule has 0 atom stereocenters. The lowest BCUT2D eigenvalue weighted by Crippen LogP contribution is -2.45. The van der Waals surface area contributed by atoms with Crippen molar-refractivity contribution < 1.29 is 19.0 Å². The SMILES string of the molecule is COc1ccc(CN2CCN(Cc3c(Br)cccc3C(=O)N=C(N)N)CC2)c(OC)c1OC.Cl. The number of ether oxygens (including phenoxy) is 3. The molecule has 34 heavy (non-hydrogen) atoms. The lowest BCUT2D eigenvalue weighted by molar-refractivity contribution is 0.0996. The van der Waals surface area contributed by atoms with Crippen LogP contribution in [-0.4, -0.2) is 69.2 Å². The third kappa shape index (κ3) is 6.53. The van der Waals surface area contributed by atoms with E-state index in [1.54, 1.807) is 33.5 Å². The van der Waals surface area contributed by atoms with Crippen LogP contribution in [0.5, 0.6) is 17.2 Å². The van der Waals surface area contributed by atoms with E-state index >= 15 is 0 Å². The smallest absolute Gasteiger partial charge is 0.280 e. The van der Waals surface area contributed by atoms with Gasteiger partial charge in [0.1, 0.15) is 0 Å². The number of amides is 1. The van der Waals surface area contributed by atoms with Crippen molar-refractivity contribution in [2.75, 3.05) is 47.5 Å². The van der Waals surface area contributed by atoms with Gasteiger partial charge in [-0.1, -0.05) is 28.1 Å². The van der Waals surface area contributed by atoms with Crippen LogP contribution in [-0.2, 0) is 13.1 Å². The number of nitrogens with zero attached hydrogens (tertiary/aromatic N) is 3. The number of rotatable bonds is 8. The molecule has 1 saturated heterocycles. The molecule has 3 rings (SSSR count). The van der Waals surface area contributed by atoms with Crippen LogP contribution in [0.2, 0.25) is 0 Å². The number of hydrogen-bond acceptors (Lipinski definition) is 6. The van der Waals surface area contributed by atoms with Crippen molar-refractivity contribution in [3.05, 3.63) is 51.5 Å². The van der Waals surface area contributed by atoms with Gasteiger partial charge < -0.3 is 25.7 Å². The second-order valence-electron chi connectivity index (χ2n) is 7.65. The summed E-state index contributed by atoms with van der Waals surface area (Å²) < 4.78 is 17.4. The van der Waals surface area contributed by atoms with Crippen LogP contribution in [0.4, 0.5) is 0 Å². The van der Waals surface area contributed by atoms with E-state index in [1.165, 1.54) is 0 Å². The van der Waals surface area contributed by atoms with E-state index in [0.717, 1.165) is 48.3 Å². The van der Waals surface area contributed by atoms with Crippen molar-refractivity contribution in [1.29, 1.82) is 0 Å². The van der Waals surface area contributed by atoms with Crippen LogP contribution in [0.15, 0.2) is 39.8 Å². The largest absolute Gasteiger partial charge is 0.493 e. The summed E-state index contributed by atoms with van der Waals surface area (Å²) in [5, 5.41) is 0. The molecule has 0 unspecified atom stereocenters. The van der Waals surface area contributed by atoms with E-state index < -0.39 is 5.91 Å². The molecule has 1 aliphatic rings. The van der Waals surface area contributed by atoms with Crippen LogP contribution in [0, 0.1) is 0 Å². The monoisotopic (exact) mass is 555 g/mol. The third-order valence-corrected chi connectivity index (χ3v) is 6.35. The first-order valence-corrected chi connectivity index (χ1v) is 11.3. The Kier molecular flexibility index (Phi) is 10.4. The van der Waals surface area contributed by atoms with E-state index in [2.05, 4.69) is 30.7 Å². The van der Waals surface area contributed by atoms with E-state index in [0.29, 0.717) is 29.4 Å². The Balaban J connectivity index is 0.00000408. The Hall–Kier alpha value is -2.53. The van der Waals surface area contributed by atoms with Gasteiger partial charge in [-0.15, -0.1) is 12.4 Å². The first-order valence-electron chi connectivity index (χ1n) is 10.5. The average molecular weight is 557 g/mol. The molecule has 4 N–H and O–H groups in total. The quantitative estimate of drug-likeness (QED) is 0.377. The highest BCUT2D eigenvalue weighted by Gasteiger charge is 2.23. The first-order chi connectivity index (χ1) is 15.9. The van der Waals surface area contributed by atoms with Gasteiger partial charge in [0, 0.05) is 54.9 Å². The van der Waals surface area contributed by atoms with Crippen molar-refractivity contribution in [1.82, 2.24) is 9.80 Å². The highest BCUT2D eigenvalue weighted by Crippen LogP contribution is 2.40. The topological polar surface area (TPSA) is 116 Å². The average Bonchev–Trinajstić information content (AvgIpc) is 2.80. The minimum absolute atomic E-state index is 0. The fourth-order valence-electron chi connectivity index (χ4n) is 3.95. The van der Waals surface area contributed by atoms with Gasteiger partial charge in [0.2, 0.25) is 5.75 Å². The fraction of sp³-hybridized carbons (Fsp3) is 0.391. The molecule has 0 saturated carbocycles. The number of carbonyl (C=O) groups is 1. The van der Waals surface area contributed by atoms with Gasteiger partial charge in [-0.3, -0.25) is 14.6 Å². The van der Waals surface area contributed by atoms with Crippen molar-refractivity contribution in [3.63, 3.8) is 0 Å². The fourth-order valence-corrected chi connectivity index (χ4v) is 4.45. The number of guanidine groups is 1. The molecule has 2 aromatic carbocycles. The van der Waals surface area contributed by atoms with Crippen molar-refractivity contribution >= 4 is 40.2 Å². The number of nitrogens with two attached hydrogens (primary N) is 2. The standard InChI is InChI=1S/C23H30BrN5O4.ClH/c1-31-19-8-7-15(20(32-2)21(19)33-3)13-28-9-11-29(12-10-28)14-17-16(5-4-6-18(17)24)22(30)27-23(25)26;/h4-8H,9-14H2,1-3H3,(H4,25,26,27,30);1H. The van der Waals surface area contributed by atoms with Crippen molar-refractivity contribution in [2.24, 2.45) is 16.5 Å².